The summed E-state index contributed by atoms with van der Waals surface area (Å²) in [5.74, 6) is 0.377. The van der Waals surface area contributed by atoms with Gasteiger partial charge in [-0.15, -0.1) is 0 Å². The van der Waals surface area contributed by atoms with Gasteiger partial charge in [0, 0.05) is 24.0 Å². The molecule has 0 aliphatic carbocycles. The van der Waals surface area contributed by atoms with Crippen LogP contribution in [0.25, 0.3) is 0 Å². The molecule has 1 aliphatic rings. The summed E-state index contributed by atoms with van der Waals surface area (Å²) < 4.78 is 32.5. The lowest BCUT2D eigenvalue weighted by atomic mass is 10.1. The second-order valence-electron chi connectivity index (χ2n) is 5.67. The van der Waals surface area contributed by atoms with Crippen molar-refractivity contribution in [3.63, 3.8) is 0 Å². The zero-order valence-electron chi connectivity index (χ0n) is 13.0. The largest absolute Gasteiger partial charge is 0.472 e. The Morgan fingerprint density at radius 3 is 2.75 bits per heavy atom. The van der Waals surface area contributed by atoms with E-state index in [9.17, 15) is 8.42 Å². The van der Waals surface area contributed by atoms with E-state index >= 15 is 0 Å². The van der Waals surface area contributed by atoms with Gasteiger partial charge in [0.25, 0.3) is 0 Å². The van der Waals surface area contributed by atoms with Gasteiger partial charge >= 0.3 is 0 Å². The van der Waals surface area contributed by atoms with Crippen LogP contribution in [0.1, 0.15) is 18.4 Å². The Balaban J connectivity index is 1.65. The molecule has 0 radical (unpaired) electrons. The molecule has 0 bridgehead atoms. The molecule has 8 heteroatoms. The van der Waals surface area contributed by atoms with Gasteiger partial charge in [-0.25, -0.2) is 13.4 Å². The van der Waals surface area contributed by atoms with E-state index < -0.39 is 10.0 Å². The number of nitrogens with zero attached hydrogens (tertiary/aromatic N) is 3. The Morgan fingerprint density at radius 2 is 2.04 bits per heavy atom. The van der Waals surface area contributed by atoms with Gasteiger partial charge in [0.1, 0.15) is 6.10 Å². The molecule has 3 rings (SSSR count). The van der Waals surface area contributed by atoms with Crippen LogP contribution in [0, 0.1) is 0 Å². The first-order chi connectivity index (χ1) is 11.5. The fourth-order valence-corrected chi connectivity index (χ4v) is 4.38. The molecule has 0 N–H and O–H groups in total. The maximum absolute atomic E-state index is 12.6. The van der Waals surface area contributed by atoms with E-state index in [1.807, 2.05) is 0 Å². The van der Waals surface area contributed by atoms with E-state index in [1.165, 1.54) is 10.5 Å². The van der Waals surface area contributed by atoms with Crippen molar-refractivity contribution in [2.75, 3.05) is 13.1 Å². The summed E-state index contributed by atoms with van der Waals surface area (Å²) in [6, 6.07) is 6.86. The molecule has 1 aromatic heterocycles. The summed E-state index contributed by atoms with van der Waals surface area (Å²) in [4.78, 5) is 8.02. The van der Waals surface area contributed by atoms with Gasteiger partial charge in [0.2, 0.25) is 15.9 Å². The summed E-state index contributed by atoms with van der Waals surface area (Å²) in [5, 5.41) is 0.589. The third-order valence-corrected chi connectivity index (χ3v) is 5.89. The predicted octanol–water partition coefficient (Wildman–Crippen LogP) is 2.50. The molecule has 1 aromatic carbocycles. The summed E-state index contributed by atoms with van der Waals surface area (Å²) in [5.41, 5.74) is 0.719. The zero-order valence-corrected chi connectivity index (χ0v) is 14.6. The van der Waals surface area contributed by atoms with Crippen LogP contribution in [0.15, 0.2) is 42.9 Å². The Bertz CT molecular complexity index is 769. The topological polar surface area (TPSA) is 72.4 Å². The Hall–Kier alpha value is -1.70. The van der Waals surface area contributed by atoms with Gasteiger partial charge in [-0.1, -0.05) is 23.7 Å². The van der Waals surface area contributed by atoms with Crippen LogP contribution in [0.4, 0.5) is 0 Å². The van der Waals surface area contributed by atoms with Gasteiger partial charge in [-0.3, -0.25) is 4.98 Å². The van der Waals surface area contributed by atoms with Crippen molar-refractivity contribution in [3.05, 3.63) is 53.4 Å². The number of halogens is 1. The molecule has 24 heavy (non-hydrogen) atoms. The van der Waals surface area contributed by atoms with E-state index in [1.54, 1.807) is 36.7 Å². The van der Waals surface area contributed by atoms with E-state index in [0.29, 0.717) is 24.0 Å². The summed E-state index contributed by atoms with van der Waals surface area (Å²) in [6.45, 7) is 0.836. The number of piperidine rings is 1. The number of rotatable bonds is 5. The number of sulfonamides is 1. The average molecular weight is 368 g/mol. The molecular weight excluding hydrogens is 350 g/mol. The quantitative estimate of drug-likeness (QED) is 0.811. The third-order valence-electron chi connectivity index (χ3n) is 3.82. The summed E-state index contributed by atoms with van der Waals surface area (Å²) in [7, 11) is -3.40. The van der Waals surface area contributed by atoms with Gasteiger partial charge in [-0.05, 0) is 30.5 Å². The van der Waals surface area contributed by atoms with Gasteiger partial charge in [0.15, 0.2) is 0 Å². The van der Waals surface area contributed by atoms with E-state index in [2.05, 4.69) is 9.97 Å². The lowest BCUT2D eigenvalue weighted by Gasteiger charge is -2.31. The minimum Gasteiger partial charge on any atom is -0.472 e. The van der Waals surface area contributed by atoms with Crippen molar-refractivity contribution in [2.24, 2.45) is 0 Å². The summed E-state index contributed by atoms with van der Waals surface area (Å²) >= 11 is 5.84. The van der Waals surface area contributed by atoms with Crippen molar-refractivity contribution in [1.29, 1.82) is 0 Å². The second-order valence-corrected chi connectivity index (χ2v) is 8.07. The number of ether oxygens (including phenoxy) is 1. The molecule has 0 amide bonds. The first kappa shape index (κ1) is 17.1. The van der Waals surface area contributed by atoms with Crippen LogP contribution in [0.2, 0.25) is 5.02 Å². The van der Waals surface area contributed by atoms with Gasteiger partial charge in [0.05, 0.1) is 18.5 Å². The highest BCUT2D eigenvalue weighted by molar-refractivity contribution is 7.88. The standard InChI is InChI=1S/C16H18ClN3O3S/c17-14-5-3-13(4-6-14)12-24(21,22)20-9-1-2-15(11-20)23-16-10-18-7-8-19-16/h3-8,10,15H,1-2,9,11-12H2. The third kappa shape index (κ3) is 4.43. The molecule has 128 valence electrons. The molecule has 0 spiro atoms. The highest BCUT2D eigenvalue weighted by Crippen LogP contribution is 2.21. The minimum absolute atomic E-state index is 0.0397. The smallest absolute Gasteiger partial charge is 0.232 e. The maximum Gasteiger partial charge on any atom is 0.232 e. The molecule has 1 saturated heterocycles. The average Bonchev–Trinajstić information content (AvgIpc) is 2.58. The first-order valence-corrected chi connectivity index (χ1v) is 9.66. The van der Waals surface area contributed by atoms with E-state index in [4.69, 9.17) is 16.3 Å². The number of aromatic nitrogens is 2. The number of hydrogen-bond donors (Lipinski definition) is 0. The molecule has 2 heterocycles. The van der Waals surface area contributed by atoms with Crippen LogP contribution in [0.5, 0.6) is 5.88 Å². The SMILES string of the molecule is O=S(=O)(Cc1ccc(Cl)cc1)N1CCCC(Oc2cnccn2)C1. The zero-order chi connectivity index (χ0) is 17.0. The van der Waals surface area contributed by atoms with Crippen LogP contribution in [-0.4, -0.2) is 41.9 Å². The molecule has 2 aromatic rings. The van der Waals surface area contributed by atoms with Crippen LogP contribution in [-0.2, 0) is 15.8 Å². The van der Waals surface area contributed by atoms with Crippen molar-refractivity contribution >= 4 is 21.6 Å². The van der Waals surface area contributed by atoms with Crippen molar-refractivity contribution < 1.29 is 13.2 Å². The fourth-order valence-electron chi connectivity index (χ4n) is 2.65. The molecule has 1 aliphatic heterocycles. The predicted molar refractivity (Wildman–Crippen MR) is 91.3 cm³/mol. The van der Waals surface area contributed by atoms with Gasteiger partial charge < -0.3 is 4.74 Å². The van der Waals surface area contributed by atoms with Crippen molar-refractivity contribution in [3.8, 4) is 5.88 Å². The van der Waals surface area contributed by atoms with Crippen molar-refractivity contribution in [2.45, 2.75) is 24.7 Å². The Morgan fingerprint density at radius 1 is 1.25 bits per heavy atom. The monoisotopic (exact) mass is 367 g/mol. The molecule has 6 nitrogen and oxygen atoms in total. The lowest BCUT2D eigenvalue weighted by molar-refractivity contribution is 0.124. The molecule has 1 fully saturated rings. The van der Waals surface area contributed by atoms with E-state index in [0.717, 1.165) is 18.4 Å². The Kier molecular flexibility index (Phi) is 5.33. The lowest BCUT2D eigenvalue weighted by Crippen LogP contribution is -2.44. The maximum atomic E-state index is 12.6. The van der Waals surface area contributed by atoms with Crippen LogP contribution in [0.3, 0.4) is 0 Å². The fraction of sp³-hybridized carbons (Fsp3) is 0.375. The molecule has 0 saturated carbocycles. The first-order valence-electron chi connectivity index (χ1n) is 7.68. The van der Waals surface area contributed by atoms with E-state index in [-0.39, 0.29) is 11.9 Å². The normalized spacial score (nSPS) is 19.1. The van der Waals surface area contributed by atoms with Gasteiger partial charge in [-0.2, -0.15) is 4.31 Å². The molecule has 1 atom stereocenters. The highest BCUT2D eigenvalue weighted by atomic mass is 35.5. The molecule has 1 unspecified atom stereocenters. The minimum atomic E-state index is -3.40. The van der Waals surface area contributed by atoms with Crippen molar-refractivity contribution in [1.82, 2.24) is 14.3 Å². The molecular formula is C16H18ClN3O3S. The number of hydrogen-bond acceptors (Lipinski definition) is 5. The summed E-state index contributed by atoms with van der Waals surface area (Å²) in [6.07, 6.45) is 5.98. The van der Waals surface area contributed by atoms with Crippen LogP contribution >= 0.6 is 11.6 Å². The highest BCUT2D eigenvalue weighted by Gasteiger charge is 2.30. The number of benzene rings is 1. The Labute approximate surface area is 146 Å². The van der Waals surface area contributed by atoms with Crippen LogP contribution < -0.4 is 4.74 Å². The second kappa shape index (κ2) is 7.46.